The van der Waals surface area contributed by atoms with Crippen LogP contribution in [-0.2, 0) is 4.79 Å². The van der Waals surface area contributed by atoms with Gasteiger partial charge in [-0.25, -0.2) is 8.78 Å². The largest absolute Gasteiger partial charge is 0.368 e. The van der Waals surface area contributed by atoms with Crippen LogP contribution in [0.3, 0.4) is 0 Å². The number of piperazine rings is 2. The maximum Gasteiger partial charge on any atom is 0.253 e. The Labute approximate surface area is 187 Å². The zero-order valence-electron chi connectivity index (χ0n) is 18.2. The molecule has 2 fully saturated rings. The Balaban J connectivity index is 1.26. The summed E-state index contributed by atoms with van der Waals surface area (Å²) in [6, 6.07) is 11.8. The lowest BCUT2D eigenvalue weighted by Crippen LogP contribution is -2.58. The monoisotopic (exact) mass is 442 g/mol. The zero-order valence-corrected chi connectivity index (χ0v) is 18.2. The van der Waals surface area contributed by atoms with Gasteiger partial charge in [0.05, 0.1) is 6.04 Å². The Morgan fingerprint density at radius 3 is 1.78 bits per heavy atom. The molecule has 170 valence electrons. The first-order valence-corrected chi connectivity index (χ1v) is 11.0. The summed E-state index contributed by atoms with van der Waals surface area (Å²) in [6.45, 7) is 6.91. The number of anilines is 1. The molecule has 2 saturated heterocycles. The molecule has 0 radical (unpaired) electrons. The molecule has 0 aromatic heterocycles. The molecule has 2 amide bonds. The van der Waals surface area contributed by atoms with E-state index in [1.54, 1.807) is 17.0 Å². The maximum absolute atomic E-state index is 13.1. The van der Waals surface area contributed by atoms with Crippen LogP contribution in [0.2, 0.25) is 0 Å². The summed E-state index contributed by atoms with van der Waals surface area (Å²) in [5.41, 5.74) is 1.44. The van der Waals surface area contributed by atoms with Crippen molar-refractivity contribution >= 4 is 17.5 Å². The average molecular weight is 443 g/mol. The van der Waals surface area contributed by atoms with Gasteiger partial charge in [0.15, 0.2) is 0 Å². The van der Waals surface area contributed by atoms with Crippen LogP contribution in [-0.4, -0.2) is 84.9 Å². The van der Waals surface area contributed by atoms with E-state index in [1.807, 2.05) is 11.8 Å². The van der Waals surface area contributed by atoms with Crippen LogP contribution >= 0.6 is 0 Å². The van der Waals surface area contributed by atoms with E-state index in [0.717, 1.165) is 5.69 Å². The van der Waals surface area contributed by atoms with Crippen molar-refractivity contribution in [2.24, 2.45) is 0 Å². The summed E-state index contributed by atoms with van der Waals surface area (Å²) >= 11 is 0. The van der Waals surface area contributed by atoms with Gasteiger partial charge >= 0.3 is 0 Å². The molecule has 6 nitrogen and oxygen atoms in total. The highest BCUT2D eigenvalue weighted by atomic mass is 19.1. The summed E-state index contributed by atoms with van der Waals surface area (Å²) in [4.78, 5) is 33.6. The number of carbonyl (C=O) groups excluding carboxylic acids is 2. The topological polar surface area (TPSA) is 47.1 Å². The van der Waals surface area contributed by atoms with Crippen LogP contribution in [0.15, 0.2) is 48.5 Å². The van der Waals surface area contributed by atoms with Gasteiger partial charge in [-0.2, -0.15) is 0 Å². The Hall–Kier alpha value is -3.00. The number of nitrogens with zero attached hydrogens (tertiary/aromatic N) is 4. The number of rotatable bonds is 4. The van der Waals surface area contributed by atoms with E-state index in [4.69, 9.17) is 0 Å². The standard InChI is InChI=1S/C24H28F2N4O2/c1-18(23(31)29-16-12-28(13-17-29)22-8-6-21(26)7-9-22)27-10-14-30(15-11-27)24(32)19-2-4-20(25)5-3-19/h2-9,18H,10-17H2,1H3. The molecule has 32 heavy (non-hydrogen) atoms. The van der Waals surface area contributed by atoms with Gasteiger partial charge in [-0.1, -0.05) is 0 Å². The van der Waals surface area contributed by atoms with E-state index in [1.165, 1.54) is 36.4 Å². The van der Waals surface area contributed by atoms with E-state index in [9.17, 15) is 18.4 Å². The van der Waals surface area contributed by atoms with Gasteiger partial charge in [-0.05, 0) is 55.5 Å². The Morgan fingerprint density at radius 1 is 0.719 bits per heavy atom. The SMILES string of the molecule is CC(C(=O)N1CCN(c2ccc(F)cc2)CC1)N1CCN(C(=O)c2ccc(F)cc2)CC1. The second-order valence-electron chi connectivity index (χ2n) is 8.30. The lowest BCUT2D eigenvalue weighted by molar-refractivity contribution is -0.137. The third kappa shape index (κ3) is 4.91. The van der Waals surface area contributed by atoms with Crippen molar-refractivity contribution in [3.05, 3.63) is 65.7 Å². The maximum atomic E-state index is 13.1. The third-order valence-corrected chi connectivity index (χ3v) is 6.38. The number of carbonyl (C=O) groups is 2. The van der Waals surface area contributed by atoms with E-state index < -0.39 is 0 Å². The lowest BCUT2D eigenvalue weighted by atomic mass is 10.1. The second kappa shape index (κ2) is 9.65. The molecular formula is C24H28F2N4O2. The van der Waals surface area contributed by atoms with Crippen molar-refractivity contribution in [2.45, 2.75) is 13.0 Å². The molecule has 1 unspecified atom stereocenters. The molecule has 2 heterocycles. The predicted octanol–water partition coefficient (Wildman–Crippen LogP) is 2.46. The molecule has 8 heteroatoms. The Bertz CT molecular complexity index is 935. The first-order chi connectivity index (χ1) is 15.4. The highest BCUT2D eigenvalue weighted by Crippen LogP contribution is 2.18. The number of halogens is 2. The van der Waals surface area contributed by atoms with Gasteiger partial charge in [0.2, 0.25) is 5.91 Å². The van der Waals surface area contributed by atoms with E-state index in [0.29, 0.717) is 57.9 Å². The molecule has 0 saturated carbocycles. The first-order valence-electron chi connectivity index (χ1n) is 11.0. The highest BCUT2D eigenvalue weighted by Gasteiger charge is 2.31. The number of amides is 2. The second-order valence-corrected chi connectivity index (χ2v) is 8.30. The summed E-state index contributed by atoms with van der Waals surface area (Å²) in [6.07, 6.45) is 0. The fourth-order valence-electron chi connectivity index (χ4n) is 4.34. The molecule has 2 aliphatic heterocycles. The molecule has 0 spiro atoms. The summed E-state index contributed by atoms with van der Waals surface area (Å²) in [5.74, 6) is -0.629. The summed E-state index contributed by atoms with van der Waals surface area (Å²) in [7, 11) is 0. The molecule has 2 aromatic rings. The average Bonchev–Trinajstić information content (AvgIpc) is 2.84. The van der Waals surface area contributed by atoms with Crippen molar-refractivity contribution in [1.29, 1.82) is 0 Å². The summed E-state index contributed by atoms with van der Waals surface area (Å²) in [5, 5.41) is 0. The summed E-state index contributed by atoms with van der Waals surface area (Å²) < 4.78 is 26.2. The van der Waals surface area contributed by atoms with Crippen LogP contribution in [0.5, 0.6) is 0 Å². The predicted molar refractivity (Wildman–Crippen MR) is 119 cm³/mol. The minimum Gasteiger partial charge on any atom is -0.368 e. The van der Waals surface area contributed by atoms with Gasteiger partial charge in [-0.3, -0.25) is 14.5 Å². The highest BCUT2D eigenvalue weighted by molar-refractivity contribution is 5.94. The molecule has 1 atom stereocenters. The van der Waals surface area contributed by atoms with Crippen LogP contribution in [0, 0.1) is 11.6 Å². The minimum atomic E-state index is -0.364. The van der Waals surface area contributed by atoms with E-state index in [-0.39, 0.29) is 29.5 Å². The fraction of sp³-hybridized carbons (Fsp3) is 0.417. The van der Waals surface area contributed by atoms with Crippen molar-refractivity contribution in [1.82, 2.24) is 14.7 Å². The quantitative estimate of drug-likeness (QED) is 0.730. The van der Waals surface area contributed by atoms with Gasteiger partial charge in [0.1, 0.15) is 11.6 Å². The van der Waals surface area contributed by atoms with Crippen molar-refractivity contribution < 1.29 is 18.4 Å². The van der Waals surface area contributed by atoms with Crippen molar-refractivity contribution in [3.8, 4) is 0 Å². The molecule has 2 aliphatic rings. The molecule has 4 rings (SSSR count). The van der Waals surface area contributed by atoms with E-state index in [2.05, 4.69) is 9.80 Å². The molecule has 0 N–H and O–H groups in total. The van der Waals surface area contributed by atoms with Gasteiger partial charge in [-0.15, -0.1) is 0 Å². The van der Waals surface area contributed by atoms with Crippen LogP contribution in [0.25, 0.3) is 0 Å². The van der Waals surface area contributed by atoms with Crippen LogP contribution < -0.4 is 4.90 Å². The number of hydrogen-bond donors (Lipinski definition) is 0. The van der Waals surface area contributed by atoms with Gasteiger partial charge in [0.25, 0.3) is 5.91 Å². The minimum absolute atomic E-state index is 0.0991. The molecular weight excluding hydrogens is 414 g/mol. The van der Waals surface area contributed by atoms with Crippen LogP contribution in [0.1, 0.15) is 17.3 Å². The number of hydrogen-bond acceptors (Lipinski definition) is 4. The Kier molecular flexibility index (Phi) is 6.69. The third-order valence-electron chi connectivity index (χ3n) is 6.38. The van der Waals surface area contributed by atoms with Gasteiger partial charge < -0.3 is 14.7 Å². The zero-order chi connectivity index (χ0) is 22.7. The smallest absolute Gasteiger partial charge is 0.253 e. The lowest BCUT2D eigenvalue weighted by Gasteiger charge is -2.41. The molecule has 2 aromatic carbocycles. The van der Waals surface area contributed by atoms with Crippen molar-refractivity contribution in [3.63, 3.8) is 0 Å². The molecule has 0 bridgehead atoms. The normalized spacial score (nSPS) is 18.5. The van der Waals surface area contributed by atoms with Crippen molar-refractivity contribution in [2.75, 3.05) is 57.3 Å². The Morgan fingerprint density at radius 2 is 1.22 bits per heavy atom. The first kappa shape index (κ1) is 22.2. The fourth-order valence-corrected chi connectivity index (χ4v) is 4.34. The number of benzene rings is 2. The van der Waals surface area contributed by atoms with Gasteiger partial charge in [0, 0.05) is 63.6 Å². The van der Waals surface area contributed by atoms with Crippen LogP contribution in [0.4, 0.5) is 14.5 Å². The molecule has 0 aliphatic carbocycles. The van der Waals surface area contributed by atoms with E-state index >= 15 is 0 Å².